The predicted molar refractivity (Wildman–Crippen MR) is 107 cm³/mol. The van der Waals surface area contributed by atoms with Gasteiger partial charge in [0.2, 0.25) is 0 Å². The molecule has 0 fully saturated rings. The molecule has 0 saturated heterocycles. The van der Waals surface area contributed by atoms with Gasteiger partial charge in [0.05, 0.1) is 7.11 Å². The van der Waals surface area contributed by atoms with Gasteiger partial charge in [-0.25, -0.2) is 9.37 Å². The van der Waals surface area contributed by atoms with E-state index in [2.05, 4.69) is 4.98 Å². The zero-order chi connectivity index (χ0) is 20.1. The Labute approximate surface area is 167 Å². The molecule has 1 amide bonds. The average molecular weight is 400 g/mol. The van der Waals surface area contributed by atoms with E-state index in [0.717, 1.165) is 16.1 Å². The van der Waals surface area contributed by atoms with Gasteiger partial charge in [-0.3, -0.25) is 4.79 Å². The molecule has 0 aliphatic heterocycles. The minimum absolute atomic E-state index is 0.101. The van der Waals surface area contributed by atoms with Crippen LogP contribution in [-0.4, -0.2) is 36.5 Å². The molecule has 0 aliphatic rings. The maximum atomic E-state index is 13.0. The fourth-order valence-corrected chi connectivity index (χ4v) is 3.30. The van der Waals surface area contributed by atoms with Crippen molar-refractivity contribution in [3.8, 4) is 22.1 Å². The van der Waals surface area contributed by atoms with Crippen LogP contribution < -0.4 is 9.47 Å². The number of thiazole rings is 1. The van der Waals surface area contributed by atoms with Crippen LogP contribution in [0, 0.1) is 5.82 Å². The Morgan fingerprint density at radius 1 is 1.18 bits per heavy atom. The summed E-state index contributed by atoms with van der Waals surface area (Å²) in [6, 6.07) is 11.7. The second-order valence-corrected chi connectivity index (χ2v) is 7.00. The summed E-state index contributed by atoms with van der Waals surface area (Å²) >= 11 is 1.40. The van der Waals surface area contributed by atoms with Gasteiger partial charge in [0.25, 0.3) is 5.91 Å². The first-order valence-electron chi connectivity index (χ1n) is 8.78. The first-order valence-corrected chi connectivity index (χ1v) is 9.66. The van der Waals surface area contributed by atoms with E-state index in [1.165, 1.54) is 23.5 Å². The molecule has 0 N–H and O–H groups in total. The summed E-state index contributed by atoms with van der Waals surface area (Å²) in [6.07, 6.45) is 0. The van der Waals surface area contributed by atoms with Crippen molar-refractivity contribution in [3.63, 3.8) is 0 Å². The number of methoxy groups -OCH3 is 1. The highest BCUT2D eigenvalue weighted by Crippen LogP contribution is 2.34. The number of carbonyl (C=O) groups excluding carboxylic acids is 1. The van der Waals surface area contributed by atoms with E-state index >= 15 is 0 Å². The second kappa shape index (κ2) is 8.84. The van der Waals surface area contributed by atoms with Crippen LogP contribution in [0.2, 0.25) is 0 Å². The monoisotopic (exact) mass is 400 g/mol. The Hall–Kier alpha value is -2.93. The highest BCUT2D eigenvalue weighted by Gasteiger charge is 2.16. The number of carbonyl (C=O) groups is 1. The molecule has 1 aromatic heterocycles. The number of ether oxygens (including phenoxy) is 2. The number of halogens is 1. The molecule has 1 heterocycles. The molecule has 7 heteroatoms. The van der Waals surface area contributed by atoms with Crippen LogP contribution in [-0.2, 0) is 6.61 Å². The van der Waals surface area contributed by atoms with Gasteiger partial charge in [0.15, 0.2) is 11.5 Å². The largest absolute Gasteiger partial charge is 0.493 e. The Morgan fingerprint density at radius 3 is 2.61 bits per heavy atom. The third kappa shape index (κ3) is 4.48. The second-order valence-electron chi connectivity index (χ2n) is 6.14. The van der Waals surface area contributed by atoms with Crippen LogP contribution in [0.1, 0.15) is 23.0 Å². The van der Waals surface area contributed by atoms with Crippen molar-refractivity contribution < 1.29 is 18.7 Å². The minimum Gasteiger partial charge on any atom is -0.493 e. The Bertz CT molecular complexity index is 957. The van der Waals surface area contributed by atoms with Crippen LogP contribution in [0.3, 0.4) is 0 Å². The fourth-order valence-electron chi connectivity index (χ4n) is 2.51. The number of amides is 1. The van der Waals surface area contributed by atoms with E-state index in [1.54, 1.807) is 42.6 Å². The lowest BCUT2D eigenvalue weighted by molar-refractivity contribution is 0.0797. The zero-order valence-corrected chi connectivity index (χ0v) is 16.8. The standard InChI is InChI=1S/C21H21FN2O3S/c1-4-24(2)21(25)17-13-28-20(23-17)15-7-10-18(19(11-15)26-3)27-12-14-5-8-16(22)9-6-14/h5-11,13H,4,12H2,1-3H3. The quantitative estimate of drug-likeness (QED) is 0.580. The maximum Gasteiger partial charge on any atom is 0.273 e. The van der Waals surface area contributed by atoms with Crippen molar-refractivity contribution >= 4 is 17.2 Å². The zero-order valence-electron chi connectivity index (χ0n) is 15.9. The molecular formula is C21H21FN2O3S. The summed E-state index contributed by atoms with van der Waals surface area (Å²) in [5.74, 6) is 0.760. The lowest BCUT2D eigenvalue weighted by Crippen LogP contribution is -2.26. The van der Waals surface area contributed by atoms with Crippen molar-refractivity contribution in [1.82, 2.24) is 9.88 Å². The summed E-state index contributed by atoms with van der Waals surface area (Å²) < 4.78 is 24.3. The number of hydrogen-bond donors (Lipinski definition) is 0. The van der Waals surface area contributed by atoms with Gasteiger partial charge >= 0.3 is 0 Å². The van der Waals surface area contributed by atoms with E-state index in [-0.39, 0.29) is 11.7 Å². The topological polar surface area (TPSA) is 51.7 Å². The third-order valence-corrected chi connectivity index (χ3v) is 5.15. The number of hydrogen-bond acceptors (Lipinski definition) is 5. The molecule has 0 radical (unpaired) electrons. The van der Waals surface area contributed by atoms with E-state index in [4.69, 9.17) is 9.47 Å². The van der Waals surface area contributed by atoms with Crippen LogP contribution in [0.15, 0.2) is 47.8 Å². The number of benzene rings is 2. The van der Waals surface area contributed by atoms with Crippen LogP contribution in [0.25, 0.3) is 10.6 Å². The molecule has 0 saturated carbocycles. The van der Waals surface area contributed by atoms with Gasteiger partial charge in [-0.1, -0.05) is 12.1 Å². The molecule has 0 unspecified atom stereocenters. The Balaban J connectivity index is 1.76. The summed E-state index contributed by atoms with van der Waals surface area (Å²) in [7, 11) is 3.31. The highest BCUT2D eigenvalue weighted by atomic mass is 32.1. The lowest BCUT2D eigenvalue weighted by Gasteiger charge is -2.12. The van der Waals surface area contributed by atoms with Gasteiger partial charge in [0, 0.05) is 24.5 Å². The van der Waals surface area contributed by atoms with Gasteiger partial charge in [0.1, 0.15) is 23.1 Å². The smallest absolute Gasteiger partial charge is 0.273 e. The average Bonchev–Trinajstić information content (AvgIpc) is 3.22. The molecular weight excluding hydrogens is 379 g/mol. The molecule has 146 valence electrons. The van der Waals surface area contributed by atoms with Crippen molar-refractivity contribution in [2.45, 2.75) is 13.5 Å². The van der Waals surface area contributed by atoms with E-state index < -0.39 is 0 Å². The maximum absolute atomic E-state index is 13.0. The molecule has 0 bridgehead atoms. The van der Waals surface area contributed by atoms with Crippen molar-refractivity contribution in [2.24, 2.45) is 0 Å². The molecule has 3 aromatic rings. The number of rotatable bonds is 7. The van der Waals surface area contributed by atoms with Crippen LogP contribution in [0.5, 0.6) is 11.5 Å². The van der Waals surface area contributed by atoms with Crippen LogP contribution >= 0.6 is 11.3 Å². The van der Waals surface area contributed by atoms with Gasteiger partial charge in [-0.05, 0) is 42.8 Å². The summed E-state index contributed by atoms with van der Waals surface area (Å²) in [5, 5.41) is 2.49. The van der Waals surface area contributed by atoms with Crippen molar-refractivity contribution in [3.05, 3.63) is 64.9 Å². The minimum atomic E-state index is -0.280. The van der Waals surface area contributed by atoms with E-state index in [9.17, 15) is 9.18 Å². The first kappa shape index (κ1) is 19.8. The molecule has 0 aliphatic carbocycles. The fraction of sp³-hybridized carbons (Fsp3) is 0.238. The molecule has 2 aromatic carbocycles. The highest BCUT2D eigenvalue weighted by molar-refractivity contribution is 7.13. The SMILES string of the molecule is CCN(C)C(=O)c1csc(-c2ccc(OCc3ccc(F)cc3)c(OC)c2)n1. The van der Waals surface area contributed by atoms with Gasteiger partial charge in [-0.2, -0.15) is 0 Å². The normalized spacial score (nSPS) is 10.6. The Kier molecular flexibility index (Phi) is 6.26. The molecule has 5 nitrogen and oxygen atoms in total. The van der Waals surface area contributed by atoms with E-state index in [1.807, 2.05) is 19.1 Å². The van der Waals surface area contributed by atoms with Crippen molar-refractivity contribution in [1.29, 1.82) is 0 Å². The van der Waals surface area contributed by atoms with Gasteiger partial charge in [-0.15, -0.1) is 11.3 Å². The first-order chi connectivity index (χ1) is 13.5. The molecule has 28 heavy (non-hydrogen) atoms. The summed E-state index contributed by atoms with van der Waals surface area (Å²) in [5.41, 5.74) is 2.13. The Morgan fingerprint density at radius 2 is 1.93 bits per heavy atom. The molecule has 0 atom stereocenters. The van der Waals surface area contributed by atoms with Crippen molar-refractivity contribution in [2.75, 3.05) is 20.7 Å². The number of nitrogens with zero attached hydrogens (tertiary/aromatic N) is 2. The molecule has 3 rings (SSSR count). The third-order valence-electron chi connectivity index (χ3n) is 4.26. The van der Waals surface area contributed by atoms with Gasteiger partial charge < -0.3 is 14.4 Å². The van der Waals surface area contributed by atoms with Crippen LogP contribution in [0.4, 0.5) is 4.39 Å². The summed E-state index contributed by atoms with van der Waals surface area (Å²) in [6.45, 7) is 2.84. The lowest BCUT2D eigenvalue weighted by atomic mass is 10.2. The number of aromatic nitrogens is 1. The summed E-state index contributed by atoms with van der Waals surface area (Å²) in [4.78, 5) is 18.3. The molecule has 0 spiro atoms. The predicted octanol–water partition coefficient (Wildman–Crippen LogP) is 4.63. The van der Waals surface area contributed by atoms with E-state index in [0.29, 0.717) is 30.3 Å².